The number of nitrogens with one attached hydrogen (secondary N) is 1. The van der Waals surface area contributed by atoms with Crippen LogP contribution in [0.25, 0.3) is 0 Å². The van der Waals surface area contributed by atoms with E-state index in [0.717, 1.165) is 49.6 Å². The number of aliphatic hydroxyl groups excluding tert-OH is 1. The summed E-state index contributed by atoms with van der Waals surface area (Å²) in [6.07, 6.45) is 4.28. The molecule has 6 heteroatoms. The SMILES string of the molecule is Cc1nc(CCNCc2ccccc2OC[C@H](O)CN2CCCCC2)sc1C. The fourth-order valence-electron chi connectivity index (χ4n) is 3.53. The Bertz CT molecular complexity index is 709. The van der Waals surface area contributed by atoms with Crippen LogP contribution in [0.5, 0.6) is 5.75 Å². The molecule has 1 aliphatic rings. The molecule has 5 nitrogen and oxygen atoms in total. The van der Waals surface area contributed by atoms with Crippen molar-refractivity contribution in [1.29, 1.82) is 0 Å². The Balaban J connectivity index is 1.41. The maximum absolute atomic E-state index is 10.3. The molecule has 1 aromatic heterocycles. The van der Waals surface area contributed by atoms with Gasteiger partial charge in [-0.25, -0.2) is 4.98 Å². The van der Waals surface area contributed by atoms with Crippen LogP contribution in [0.1, 0.15) is 40.4 Å². The molecule has 3 rings (SSSR count). The minimum absolute atomic E-state index is 0.338. The average molecular weight is 404 g/mol. The maximum Gasteiger partial charge on any atom is 0.123 e. The number of likely N-dealkylation sites (tertiary alicyclic amines) is 1. The van der Waals surface area contributed by atoms with Crippen LogP contribution in [0.4, 0.5) is 0 Å². The van der Waals surface area contributed by atoms with E-state index in [0.29, 0.717) is 13.2 Å². The molecule has 2 heterocycles. The van der Waals surface area contributed by atoms with Gasteiger partial charge in [-0.2, -0.15) is 0 Å². The first kappa shape index (κ1) is 21.2. The van der Waals surface area contributed by atoms with Crippen LogP contribution >= 0.6 is 11.3 Å². The molecule has 0 spiro atoms. The van der Waals surface area contributed by atoms with E-state index in [1.54, 1.807) is 11.3 Å². The highest BCUT2D eigenvalue weighted by molar-refractivity contribution is 7.11. The van der Waals surface area contributed by atoms with Gasteiger partial charge in [-0.1, -0.05) is 24.6 Å². The zero-order valence-electron chi connectivity index (χ0n) is 17.1. The molecule has 0 aliphatic carbocycles. The van der Waals surface area contributed by atoms with Crippen molar-refractivity contribution in [2.24, 2.45) is 0 Å². The maximum atomic E-state index is 10.3. The van der Waals surface area contributed by atoms with Crippen molar-refractivity contribution in [3.8, 4) is 5.75 Å². The fraction of sp³-hybridized carbons (Fsp3) is 0.591. The standard InChI is InChI=1S/C22H33N3O2S/c1-17-18(2)28-22(24-17)10-11-23-14-19-8-4-5-9-21(19)27-16-20(26)15-25-12-6-3-7-13-25/h4-5,8-9,20,23,26H,3,6-7,10-16H2,1-2H3/t20-/m1/s1. The number of benzene rings is 1. The number of nitrogens with zero attached hydrogens (tertiary/aromatic N) is 2. The van der Waals surface area contributed by atoms with Gasteiger partial charge < -0.3 is 20.1 Å². The van der Waals surface area contributed by atoms with Gasteiger partial charge >= 0.3 is 0 Å². The normalized spacial score (nSPS) is 16.2. The molecule has 2 N–H and O–H groups in total. The first-order valence-corrected chi connectivity index (χ1v) is 11.2. The summed E-state index contributed by atoms with van der Waals surface area (Å²) in [6, 6.07) is 8.08. The molecule has 0 bridgehead atoms. The lowest BCUT2D eigenvalue weighted by molar-refractivity contribution is 0.0614. The van der Waals surface area contributed by atoms with Crippen LogP contribution in [0, 0.1) is 13.8 Å². The van der Waals surface area contributed by atoms with Crippen LogP contribution in [0.15, 0.2) is 24.3 Å². The van der Waals surface area contributed by atoms with Crippen LogP contribution in [-0.4, -0.2) is 53.9 Å². The van der Waals surface area contributed by atoms with E-state index >= 15 is 0 Å². The number of aromatic nitrogens is 1. The van der Waals surface area contributed by atoms with Crippen molar-refractivity contribution in [2.45, 2.75) is 52.2 Å². The number of piperidine rings is 1. The van der Waals surface area contributed by atoms with E-state index in [-0.39, 0.29) is 0 Å². The highest BCUT2D eigenvalue weighted by Gasteiger charge is 2.15. The van der Waals surface area contributed by atoms with E-state index in [4.69, 9.17) is 4.74 Å². The third kappa shape index (κ3) is 6.55. The Morgan fingerprint density at radius 2 is 2.00 bits per heavy atom. The van der Waals surface area contributed by atoms with E-state index in [1.807, 2.05) is 18.2 Å². The highest BCUT2D eigenvalue weighted by atomic mass is 32.1. The van der Waals surface area contributed by atoms with E-state index in [2.05, 4.69) is 35.1 Å². The molecule has 154 valence electrons. The van der Waals surface area contributed by atoms with Gasteiger partial charge in [-0.3, -0.25) is 0 Å². The first-order valence-electron chi connectivity index (χ1n) is 10.4. The topological polar surface area (TPSA) is 57.6 Å². The minimum Gasteiger partial charge on any atom is -0.491 e. The molecule has 0 unspecified atom stereocenters. The molecule has 1 atom stereocenters. The van der Waals surface area contributed by atoms with Gasteiger partial charge in [0.05, 0.1) is 10.7 Å². The van der Waals surface area contributed by atoms with Crippen molar-refractivity contribution < 1.29 is 9.84 Å². The Morgan fingerprint density at radius 1 is 1.21 bits per heavy atom. The van der Waals surface area contributed by atoms with Gasteiger partial charge in [0.15, 0.2) is 0 Å². The lowest BCUT2D eigenvalue weighted by Crippen LogP contribution is -2.38. The molecule has 1 aromatic carbocycles. The molecule has 1 saturated heterocycles. The van der Waals surface area contributed by atoms with Gasteiger partial charge in [0.1, 0.15) is 18.5 Å². The number of β-amino-alcohol motifs (C(OH)–C–C–N with tert-alkyl or cyclic N) is 1. The van der Waals surface area contributed by atoms with Gasteiger partial charge in [-0.15, -0.1) is 11.3 Å². The van der Waals surface area contributed by atoms with Gasteiger partial charge in [0.2, 0.25) is 0 Å². The monoisotopic (exact) mass is 403 g/mol. The summed E-state index contributed by atoms with van der Waals surface area (Å²) >= 11 is 1.78. The second-order valence-corrected chi connectivity index (χ2v) is 8.90. The van der Waals surface area contributed by atoms with Crippen molar-refractivity contribution in [2.75, 3.05) is 32.8 Å². The summed E-state index contributed by atoms with van der Waals surface area (Å²) in [7, 11) is 0. The summed E-state index contributed by atoms with van der Waals surface area (Å²) in [5.41, 5.74) is 2.26. The zero-order chi connectivity index (χ0) is 19.8. The molecule has 0 amide bonds. The molecular weight excluding hydrogens is 370 g/mol. The van der Waals surface area contributed by atoms with Crippen LogP contribution in [0.2, 0.25) is 0 Å². The number of thiazole rings is 1. The van der Waals surface area contributed by atoms with Crippen molar-refractivity contribution >= 4 is 11.3 Å². The summed E-state index contributed by atoms with van der Waals surface area (Å²) in [5.74, 6) is 0.855. The van der Waals surface area contributed by atoms with Crippen LogP contribution in [-0.2, 0) is 13.0 Å². The number of hydrogen-bond donors (Lipinski definition) is 2. The van der Waals surface area contributed by atoms with E-state index in [1.165, 1.54) is 29.1 Å². The van der Waals surface area contributed by atoms with Crippen LogP contribution < -0.4 is 10.1 Å². The zero-order valence-corrected chi connectivity index (χ0v) is 17.9. The lowest BCUT2D eigenvalue weighted by Gasteiger charge is -2.28. The third-order valence-corrected chi connectivity index (χ3v) is 6.36. The Kier molecular flexibility index (Phi) is 8.27. The second-order valence-electron chi connectivity index (χ2n) is 7.61. The predicted molar refractivity (Wildman–Crippen MR) is 115 cm³/mol. The summed E-state index contributed by atoms with van der Waals surface area (Å²) in [4.78, 5) is 8.23. The van der Waals surface area contributed by atoms with Crippen molar-refractivity contribution in [3.05, 3.63) is 45.4 Å². The number of aryl methyl sites for hydroxylation is 2. The molecule has 2 aromatic rings. The largest absolute Gasteiger partial charge is 0.491 e. The molecule has 28 heavy (non-hydrogen) atoms. The number of para-hydroxylation sites is 1. The number of hydrogen-bond acceptors (Lipinski definition) is 6. The Labute approximate surface area is 172 Å². The number of aliphatic hydroxyl groups is 1. The van der Waals surface area contributed by atoms with E-state index in [9.17, 15) is 5.11 Å². The molecule has 0 radical (unpaired) electrons. The summed E-state index contributed by atoms with van der Waals surface area (Å²) in [5, 5.41) is 15.0. The van der Waals surface area contributed by atoms with Crippen LogP contribution in [0.3, 0.4) is 0 Å². The third-order valence-electron chi connectivity index (χ3n) is 5.23. The number of rotatable bonds is 10. The lowest BCUT2D eigenvalue weighted by atomic mass is 10.1. The minimum atomic E-state index is -0.449. The van der Waals surface area contributed by atoms with Gasteiger partial charge in [0.25, 0.3) is 0 Å². The van der Waals surface area contributed by atoms with Crippen molar-refractivity contribution in [3.63, 3.8) is 0 Å². The highest BCUT2D eigenvalue weighted by Crippen LogP contribution is 2.19. The second kappa shape index (κ2) is 10.9. The first-order chi connectivity index (χ1) is 13.6. The van der Waals surface area contributed by atoms with Crippen molar-refractivity contribution in [1.82, 2.24) is 15.2 Å². The van der Waals surface area contributed by atoms with Gasteiger partial charge in [-0.05, 0) is 45.8 Å². The molecule has 1 fully saturated rings. The summed E-state index contributed by atoms with van der Waals surface area (Å²) < 4.78 is 5.95. The summed E-state index contributed by atoms with van der Waals surface area (Å²) in [6.45, 7) is 9.05. The fourth-order valence-corrected chi connectivity index (χ4v) is 4.47. The van der Waals surface area contributed by atoms with E-state index < -0.39 is 6.10 Å². The average Bonchev–Trinajstić information content (AvgIpc) is 3.02. The predicted octanol–water partition coefficient (Wildman–Crippen LogP) is 3.32. The molecule has 0 saturated carbocycles. The molecular formula is C22H33N3O2S. The molecule has 1 aliphatic heterocycles. The smallest absolute Gasteiger partial charge is 0.123 e. The Morgan fingerprint density at radius 3 is 2.75 bits per heavy atom. The van der Waals surface area contributed by atoms with Gasteiger partial charge in [0, 0.05) is 36.5 Å². The Hall–Kier alpha value is -1.47. The quantitative estimate of drug-likeness (QED) is 0.596. The number of ether oxygens (including phenoxy) is 1.